The minimum absolute atomic E-state index is 0. The van der Waals surface area contributed by atoms with Crippen LogP contribution in [-0.2, 0) is 9.59 Å². The van der Waals surface area contributed by atoms with Crippen molar-refractivity contribution in [2.24, 2.45) is 0 Å². The van der Waals surface area contributed by atoms with Crippen molar-refractivity contribution in [3.8, 4) is 0 Å². The van der Waals surface area contributed by atoms with E-state index in [2.05, 4.69) is 5.32 Å². The second-order valence-electron chi connectivity index (χ2n) is 1.47. The molecule has 1 aliphatic heterocycles. The van der Waals surface area contributed by atoms with Crippen molar-refractivity contribution in [1.82, 2.24) is 5.32 Å². The molecule has 0 aliphatic carbocycles. The topological polar surface area (TPSA) is 46.2 Å². The summed E-state index contributed by atoms with van der Waals surface area (Å²) in [5.41, 5.74) is 0. The Balaban J connectivity index is 0.000000490. The van der Waals surface area contributed by atoms with E-state index in [1.165, 1.54) is 0 Å². The van der Waals surface area contributed by atoms with Crippen LogP contribution in [0.1, 0.15) is 12.8 Å². The molecule has 0 aromatic rings. The van der Waals surface area contributed by atoms with Crippen molar-refractivity contribution in [3.63, 3.8) is 0 Å². The van der Waals surface area contributed by atoms with E-state index in [1.54, 1.807) is 0 Å². The van der Waals surface area contributed by atoms with Gasteiger partial charge in [0.25, 0.3) is 0 Å². The Morgan fingerprint density at radius 3 is 1.62 bits per heavy atom. The molecule has 2 amide bonds. The maximum absolute atomic E-state index is 10.1. The second-order valence-corrected chi connectivity index (χ2v) is 1.47. The summed E-state index contributed by atoms with van der Waals surface area (Å²) in [5.74, 6) is -0.296. The van der Waals surface area contributed by atoms with Crippen LogP contribution in [-0.4, -0.2) is 63.2 Å². The molecule has 1 aliphatic rings. The van der Waals surface area contributed by atoms with E-state index < -0.39 is 0 Å². The zero-order valence-corrected chi connectivity index (χ0v) is 3.73. The molecule has 1 heterocycles. The normalized spacial score (nSPS) is 17.5. The van der Waals surface area contributed by atoms with Gasteiger partial charge < -0.3 is 0 Å². The van der Waals surface area contributed by atoms with Gasteiger partial charge in [-0.05, 0) is 0 Å². The summed E-state index contributed by atoms with van der Waals surface area (Å²) in [5, 5.41) is 2.14. The summed E-state index contributed by atoms with van der Waals surface area (Å²) in [7, 11) is 0. The average Bonchev–Trinajstić information content (AvgIpc) is 1.87. The molecule has 0 radical (unpaired) electrons. The molecule has 8 heavy (non-hydrogen) atoms. The van der Waals surface area contributed by atoms with E-state index in [9.17, 15) is 9.59 Å². The number of carbonyl (C=O) groups is 2. The Kier molecular flexibility index (Phi) is 4.10. The van der Waals surface area contributed by atoms with E-state index in [4.69, 9.17) is 0 Å². The van der Waals surface area contributed by atoms with Crippen LogP contribution in [0.15, 0.2) is 0 Å². The molecular weight excluding hydrogens is 133 g/mol. The molecule has 1 N–H and O–H groups in total. The molecule has 1 saturated heterocycles. The zero-order chi connectivity index (χ0) is 5.28. The zero-order valence-electron chi connectivity index (χ0n) is 3.73. The fraction of sp³-hybridized carbons (Fsp3) is 0.500. The molecule has 0 spiro atoms. The SMILES string of the molecule is O=C1CCC(=O)N1.[KH]. The number of hydrogen-bond donors (Lipinski definition) is 1. The first-order valence-corrected chi connectivity index (χ1v) is 2.12. The molecule has 0 bridgehead atoms. The molecule has 1 rings (SSSR count). The van der Waals surface area contributed by atoms with Crippen LogP contribution in [0.2, 0.25) is 0 Å². The molecule has 4 heteroatoms. The fourth-order valence-electron chi connectivity index (χ4n) is 0.508. The van der Waals surface area contributed by atoms with Crippen LogP contribution < -0.4 is 5.32 Å². The second kappa shape index (κ2) is 3.74. The van der Waals surface area contributed by atoms with Gasteiger partial charge in [-0.25, -0.2) is 0 Å². The molecule has 0 aromatic heterocycles. The molecule has 3 nitrogen and oxygen atoms in total. The maximum atomic E-state index is 10.1. The van der Waals surface area contributed by atoms with Crippen molar-refractivity contribution < 1.29 is 9.59 Å². The molecular formula is C4H6KNO2. The first-order chi connectivity index (χ1) is 3.29. The third kappa shape index (κ3) is 2.37. The Hall–Kier alpha value is 0.776. The van der Waals surface area contributed by atoms with Crippen LogP contribution in [0.3, 0.4) is 0 Å². The molecule has 0 saturated carbocycles. The Labute approximate surface area is 89.6 Å². The molecule has 0 unspecified atom stereocenters. The first-order valence-electron chi connectivity index (χ1n) is 2.12. The van der Waals surface area contributed by atoms with E-state index in [0.717, 1.165) is 0 Å². The summed E-state index contributed by atoms with van der Waals surface area (Å²) in [4.78, 5) is 20.2. The van der Waals surface area contributed by atoms with Gasteiger partial charge in [0.05, 0.1) is 0 Å². The fourth-order valence-corrected chi connectivity index (χ4v) is 0.508. The van der Waals surface area contributed by atoms with Crippen molar-refractivity contribution >= 4 is 63.2 Å². The quantitative estimate of drug-likeness (QED) is 0.337. The number of imide groups is 1. The number of rotatable bonds is 0. The standard InChI is InChI=1S/C4H5NO2.K.H/c6-3-1-2-4(7)5-3;;/h1-2H2,(H,5,6,7);;. The van der Waals surface area contributed by atoms with Gasteiger partial charge in [0.1, 0.15) is 0 Å². The van der Waals surface area contributed by atoms with Crippen LogP contribution in [0.5, 0.6) is 0 Å². The number of nitrogens with one attached hydrogen (secondary N) is 1. The average molecular weight is 139 g/mol. The van der Waals surface area contributed by atoms with E-state index in [0.29, 0.717) is 12.8 Å². The van der Waals surface area contributed by atoms with Crippen LogP contribution >= 0.6 is 0 Å². The third-order valence-corrected chi connectivity index (χ3v) is 0.858. The molecule has 0 atom stereocenters. The van der Waals surface area contributed by atoms with Crippen LogP contribution in [0.25, 0.3) is 0 Å². The molecule has 1 fully saturated rings. The number of carbonyl (C=O) groups excluding carboxylic acids is 2. The third-order valence-electron chi connectivity index (χ3n) is 0.858. The van der Waals surface area contributed by atoms with E-state index >= 15 is 0 Å². The van der Waals surface area contributed by atoms with Gasteiger partial charge in [-0.1, -0.05) is 0 Å². The van der Waals surface area contributed by atoms with Gasteiger partial charge in [-0.15, -0.1) is 0 Å². The van der Waals surface area contributed by atoms with Gasteiger partial charge in [0.2, 0.25) is 11.8 Å². The Morgan fingerprint density at radius 2 is 1.50 bits per heavy atom. The monoisotopic (exact) mass is 139 g/mol. The summed E-state index contributed by atoms with van der Waals surface area (Å²) < 4.78 is 0. The van der Waals surface area contributed by atoms with Gasteiger partial charge in [-0.3, -0.25) is 14.9 Å². The number of amides is 2. The Bertz CT molecular complexity index is 109. The predicted molar refractivity (Wildman–Crippen MR) is 29.5 cm³/mol. The number of hydrogen-bond acceptors (Lipinski definition) is 2. The van der Waals surface area contributed by atoms with Gasteiger partial charge >= 0.3 is 51.4 Å². The molecule has 40 valence electrons. The van der Waals surface area contributed by atoms with Gasteiger partial charge in [0.15, 0.2) is 0 Å². The summed E-state index contributed by atoms with van der Waals surface area (Å²) in [6.45, 7) is 0. The van der Waals surface area contributed by atoms with Crippen LogP contribution in [0, 0.1) is 0 Å². The Morgan fingerprint density at radius 1 is 1.12 bits per heavy atom. The minimum atomic E-state index is -0.148. The first kappa shape index (κ1) is 8.78. The van der Waals surface area contributed by atoms with Crippen LogP contribution in [0.4, 0.5) is 0 Å². The van der Waals surface area contributed by atoms with Gasteiger partial charge in [0, 0.05) is 12.8 Å². The molecule has 0 aromatic carbocycles. The van der Waals surface area contributed by atoms with E-state index in [-0.39, 0.29) is 63.2 Å². The predicted octanol–water partition coefficient (Wildman–Crippen LogP) is -1.23. The van der Waals surface area contributed by atoms with Crippen molar-refractivity contribution in [2.45, 2.75) is 12.8 Å². The van der Waals surface area contributed by atoms with Gasteiger partial charge in [-0.2, -0.15) is 0 Å². The van der Waals surface area contributed by atoms with Crippen molar-refractivity contribution in [3.05, 3.63) is 0 Å². The summed E-state index contributed by atoms with van der Waals surface area (Å²) >= 11 is 0. The van der Waals surface area contributed by atoms with Crippen molar-refractivity contribution in [1.29, 1.82) is 0 Å². The van der Waals surface area contributed by atoms with E-state index in [1.807, 2.05) is 0 Å². The summed E-state index contributed by atoms with van der Waals surface area (Å²) in [6.07, 6.45) is 0.748. The summed E-state index contributed by atoms with van der Waals surface area (Å²) in [6, 6.07) is 0. The van der Waals surface area contributed by atoms with Crippen molar-refractivity contribution in [2.75, 3.05) is 0 Å².